The van der Waals surface area contributed by atoms with E-state index in [1.165, 1.54) is 6.26 Å². The summed E-state index contributed by atoms with van der Waals surface area (Å²) < 4.78 is 5.32. The van der Waals surface area contributed by atoms with Crippen molar-refractivity contribution >= 4 is 0 Å². The number of halogens is 1. The van der Waals surface area contributed by atoms with Gasteiger partial charge in [-0.1, -0.05) is 6.58 Å². The molecule has 0 amide bonds. The summed E-state index contributed by atoms with van der Waals surface area (Å²) in [7, 11) is 3.82. The zero-order chi connectivity index (χ0) is 7.33. The Labute approximate surface area is 68.4 Å². The van der Waals surface area contributed by atoms with Crippen molar-refractivity contribution in [1.29, 1.82) is 0 Å². The minimum absolute atomic E-state index is 0. The summed E-state index contributed by atoms with van der Waals surface area (Å²) in [6.45, 7) is 4.84. The lowest BCUT2D eigenvalue weighted by Crippen LogP contribution is -3.00. The molecule has 0 radical (unpaired) electrons. The van der Waals surface area contributed by atoms with Crippen LogP contribution < -0.4 is 18.2 Å². The number of likely N-dealkylation sites (N-methyl/N-ethyl adjacent to an activating group) is 1. The fourth-order valence-electron chi connectivity index (χ4n) is 0.371. The van der Waals surface area contributed by atoms with Crippen LogP contribution in [0, 0.1) is 0 Å². The van der Waals surface area contributed by atoms with Gasteiger partial charge in [0, 0.05) is 0 Å². The van der Waals surface area contributed by atoms with Crippen molar-refractivity contribution in [3.8, 4) is 0 Å². The molecular formula is C6H15ClN2O. The molecule has 3 nitrogen and oxygen atoms in total. The van der Waals surface area contributed by atoms with E-state index >= 15 is 0 Å². The van der Waals surface area contributed by atoms with Gasteiger partial charge in [0.05, 0.1) is 20.4 Å². The number of hydrogen-bond donors (Lipinski definition) is 1. The fraction of sp³-hybridized carbons (Fsp3) is 0.667. The number of hydrogen-bond acceptors (Lipinski definition) is 2. The smallest absolute Gasteiger partial charge is 0.138 e. The number of nitrogens with two attached hydrogens (primary N) is 1. The normalized spacial score (nSPS) is 9.90. The molecular weight excluding hydrogens is 152 g/mol. The molecule has 4 heteroatoms. The lowest BCUT2D eigenvalue weighted by Gasteiger charge is -2.21. The van der Waals surface area contributed by atoms with Crippen LogP contribution in [0.25, 0.3) is 0 Å². The highest BCUT2D eigenvalue weighted by Crippen LogP contribution is 1.84. The Hall–Kier alpha value is -0.250. The first kappa shape index (κ1) is 12.4. The van der Waals surface area contributed by atoms with E-state index in [1.807, 2.05) is 14.1 Å². The Morgan fingerprint density at radius 2 is 2.10 bits per heavy atom. The second kappa shape index (κ2) is 5.53. The van der Waals surface area contributed by atoms with Crippen LogP contribution in [0.15, 0.2) is 12.8 Å². The van der Waals surface area contributed by atoms with Crippen molar-refractivity contribution in [3.63, 3.8) is 0 Å². The van der Waals surface area contributed by atoms with Crippen molar-refractivity contribution in [2.24, 2.45) is 5.84 Å². The predicted molar refractivity (Wildman–Crippen MR) is 37.3 cm³/mol. The zero-order valence-electron chi connectivity index (χ0n) is 6.51. The summed E-state index contributed by atoms with van der Waals surface area (Å²) in [5.41, 5.74) is 0. The highest BCUT2D eigenvalue weighted by Gasteiger charge is 2.05. The highest BCUT2D eigenvalue weighted by molar-refractivity contribution is 4.47. The van der Waals surface area contributed by atoms with E-state index < -0.39 is 0 Å². The maximum Gasteiger partial charge on any atom is 0.138 e. The summed E-state index contributed by atoms with van der Waals surface area (Å²) in [5, 5.41) is 0. The first-order valence-corrected chi connectivity index (χ1v) is 2.90. The quantitative estimate of drug-likeness (QED) is 0.160. The molecule has 0 unspecified atom stereocenters. The van der Waals surface area contributed by atoms with Gasteiger partial charge >= 0.3 is 0 Å². The molecule has 0 bridgehead atoms. The van der Waals surface area contributed by atoms with Crippen molar-refractivity contribution in [2.45, 2.75) is 0 Å². The molecule has 0 saturated carbocycles. The second-order valence-electron chi connectivity index (χ2n) is 2.54. The van der Waals surface area contributed by atoms with Gasteiger partial charge in [-0.3, -0.25) is 4.59 Å². The lowest BCUT2D eigenvalue weighted by molar-refractivity contribution is -0.902. The number of quaternary nitrogens is 1. The molecule has 0 aromatic rings. The average Bonchev–Trinajstić information content (AvgIpc) is 1.63. The van der Waals surface area contributed by atoms with Gasteiger partial charge in [0.1, 0.15) is 13.2 Å². The summed E-state index contributed by atoms with van der Waals surface area (Å²) in [6.07, 6.45) is 1.43. The summed E-state index contributed by atoms with van der Waals surface area (Å²) in [4.78, 5) is 0. The molecule has 0 rings (SSSR count). The maximum atomic E-state index is 5.60. The minimum atomic E-state index is 0. The number of ether oxygens (including phenoxy) is 1. The van der Waals surface area contributed by atoms with Gasteiger partial charge in [-0.2, -0.15) is 5.84 Å². The van der Waals surface area contributed by atoms with Crippen LogP contribution in [0.2, 0.25) is 0 Å². The monoisotopic (exact) mass is 166 g/mol. The molecule has 0 aliphatic carbocycles. The third-order valence-electron chi connectivity index (χ3n) is 0.903. The molecule has 62 valence electrons. The first-order chi connectivity index (χ1) is 4.06. The van der Waals surface area contributed by atoms with Crippen LogP contribution in [0.4, 0.5) is 0 Å². The molecule has 0 heterocycles. The Bertz CT molecular complexity index is 90.2. The van der Waals surface area contributed by atoms with Gasteiger partial charge < -0.3 is 17.1 Å². The lowest BCUT2D eigenvalue weighted by atomic mass is 10.6. The summed E-state index contributed by atoms with van der Waals surface area (Å²) >= 11 is 0. The Morgan fingerprint density at radius 1 is 1.60 bits per heavy atom. The predicted octanol–water partition coefficient (Wildman–Crippen LogP) is -2.90. The van der Waals surface area contributed by atoms with Crippen LogP contribution in [0.3, 0.4) is 0 Å². The molecule has 0 aliphatic heterocycles. The first-order valence-electron chi connectivity index (χ1n) is 2.90. The van der Waals surface area contributed by atoms with Crippen molar-refractivity contribution in [1.82, 2.24) is 0 Å². The molecule has 0 aliphatic rings. The van der Waals surface area contributed by atoms with Crippen LogP contribution >= 0.6 is 0 Å². The Kier molecular flexibility index (Phi) is 6.87. The topological polar surface area (TPSA) is 35.2 Å². The standard InChI is InChI=1S/C6H15N2O.ClH/c1-4-9-6-5-8(2,3)7;/h4H,1,5-7H2,2-3H3;1H/q+1;/p-1. The fourth-order valence-corrected chi connectivity index (χ4v) is 0.371. The van der Waals surface area contributed by atoms with Crippen LogP contribution in [0.1, 0.15) is 0 Å². The van der Waals surface area contributed by atoms with E-state index in [1.54, 1.807) is 0 Å². The van der Waals surface area contributed by atoms with E-state index in [4.69, 9.17) is 10.6 Å². The van der Waals surface area contributed by atoms with Crippen LogP contribution in [-0.2, 0) is 4.74 Å². The van der Waals surface area contributed by atoms with Gasteiger partial charge in [-0.05, 0) is 0 Å². The van der Waals surface area contributed by atoms with E-state index in [-0.39, 0.29) is 12.4 Å². The Balaban J connectivity index is 0. The van der Waals surface area contributed by atoms with Crippen molar-refractivity contribution in [3.05, 3.63) is 12.8 Å². The maximum absolute atomic E-state index is 5.60. The average molecular weight is 167 g/mol. The molecule has 0 spiro atoms. The second-order valence-corrected chi connectivity index (χ2v) is 2.54. The largest absolute Gasteiger partial charge is 1.00 e. The molecule has 0 saturated heterocycles. The molecule has 2 N–H and O–H groups in total. The SMILES string of the molecule is C=COCC[N+](C)(C)N.[Cl-]. The van der Waals surface area contributed by atoms with Gasteiger partial charge in [0.15, 0.2) is 0 Å². The zero-order valence-corrected chi connectivity index (χ0v) is 7.27. The summed E-state index contributed by atoms with van der Waals surface area (Å²) in [5.74, 6) is 5.60. The summed E-state index contributed by atoms with van der Waals surface area (Å²) in [6, 6.07) is 0. The van der Waals surface area contributed by atoms with Gasteiger partial charge in [0.2, 0.25) is 0 Å². The van der Waals surface area contributed by atoms with Crippen LogP contribution in [-0.4, -0.2) is 31.8 Å². The van der Waals surface area contributed by atoms with Crippen molar-refractivity contribution in [2.75, 3.05) is 27.2 Å². The van der Waals surface area contributed by atoms with E-state index in [9.17, 15) is 0 Å². The molecule has 10 heavy (non-hydrogen) atoms. The van der Waals surface area contributed by atoms with Gasteiger partial charge in [-0.25, -0.2) is 0 Å². The minimum Gasteiger partial charge on any atom is -1.00 e. The molecule has 0 aromatic heterocycles. The van der Waals surface area contributed by atoms with Crippen LogP contribution in [0.5, 0.6) is 0 Å². The molecule has 0 fully saturated rings. The molecule has 0 atom stereocenters. The van der Waals surface area contributed by atoms with E-state index in [0.717, 1.165) is 6.54 Å². The third-order valence-corrected chi connectivity index (χ3v) is 0.903. The number of nitrogens with zero attached hydrogens (tertiary/aromatic N) is 1. The highest BCUT2D eigenvalue weighted by atomic mass is 35.5. The van der Waals surface area contributed by atoms with E-state index in [2.05, 4.69) is 6.58 Å². The van der Waals surface area contributed by atoms with Gasteiger partial charge in [-0.15, -0.1) is 0 Å². The number of rotatable bonds is 4. The van der Waals surface area contributed by atoms with Crippen molar-refractivity contribution < 1.29 is 21.7 Å². The van der Waals surface area contributed by atoms with Gasteiger partial charge in [0.25, 0.3) is 0 Å². The third kappa shape index (κ3) is 10.7. The molecule has 0 aromatic carbocycles. The Morgan fingerprint density at radius 3 is 2.40 bits per heavy atom. The van der Waals surface area contributed by atoms with E-state index in [0.29, 0.717) is 11.2 Å².